The average Bonchev–Trinajstić information content (AvgIpc) is 2.71. The van der Waals surface area contributed by atoms with Crippen molar-refractivity contribution in [2.24, 2.45) is 0 Å². The highest BCUT2D eigenvalue weighted by molar-refractivity contribution is 9.11. The second-order valence-electron chi connectivity index (χ2n) is 6.74. The minimum atomic E-state index is -0.442. The van der Waals surface area contributed by atoms with Crippen LogP contribution in [0, 0.1) is 17.0 Å². The van der Waals surface area contributed by atoms with E-state index in [4.69, 9.17) is 4.74 Å². The number of benzene rings is 3. The van der Waals surface area contributed by atoms with E-state index in [2.05, 4.69) is 42.5 Å². The highest BCUT2D eigenvalue weighted by atomic mass is 79.9. The minimum absolute atomic E-state index is 0.00437. The molecule has 0 saturated carbocycles. The Hall–Kier alpha value is -2.91. The molecule has 0 fully saturated rings. The number of hydrogen-bond donors (Lipinski definition) is 2. The third kappa shape index (κ3) is 6.53. The van der Waals surface area contributed by atoms with Gasteiger partial charge in [0.2, 0.25) is 0 Å². The normalized spacial score (nSPS) is 10.4. The number of amides is 1. The van der Waals surface area contributed by atoms with Crippen molar-refractivity contribution < 1.29 is 14.5 Å². The molecule has 0 bridgehead atoms. The van der Waals surface area contributed by atoms with E-state index in [-0.39, 0.29) is 18.2 Å². The maximum Gasteiger partial charge on any atom is 0.271 e. The van der Waals surface area contributed by atoms with Crippen molar-refractivity contribution in [1.82, 2.24) is 0 Å². The van der Waals surface area contributed by atoms with Crippen LogP contribution in [-0.2, 0) is 11.3 Å². The fourth-order valence-electron chi connectivity index (χ4n) is 2.89. The summed E-state index contributed by atoms with van der Waals surface area (Å²) in [5, 5.41) is 16.9. The van der Waals surface area contributed by atoms with E-state index in [1.165, 1.54) is 12.1 Å². The Bertz CT molecular complexity index is 1120. The van der Waals surface area contributed by atoms with Gasteiger partial charge in [-0.15, -0.1) is 0 Å². The fourth-order valence-corrected chi connectivity index (χ4v) is 4.32. The molecule has 0 unspecified atom stereocenters. The Morgan fingerprint density at radius 1 is 1.06 bits per heavy atom. The number of nitro groups is 1. The van der Waals surface area contributed by atoms with Crippen molar-refractivity contribution in [3.05, 3.63) is 90.9 Å². The molecule has 9 heteroatoms. The molecule has 3 aromatic rings. The molecule has 0 atom stereocenters. The second kappa shape index (κ2) is 10.4. The third-order valence-corrected chi connectivity index (χ3v) is 5.32. The van der Waals surface area contributed by atoms with Crippen molar-refractivity contribution in [3.63, 3.8) is 0 Å². The van der Waals surface area contributed by atoms with Crippen molar-refractivity contribution in [2.45, 2.75) is 13.5 Å². The Morgan fingerprint density at radius 3 is 2.55 bits per heavy atom. The van der Waals surface area contributed by atoms with E-state index in [9.17, 15) is 14.9 Å². The number of nitrogens with zero attached hydrogens (tertiary/aromatic N) is 1. The quantitative estimate of drug-likeness (QED) is 0.264. The molecule has 160 valence electrons. The maximum absolute atomic E-state index is 12.3. The SMILES string of the molecule is Cc1cccc(NC(=O)COc2c(Br)cc(Br)cc2CNc2cccc([N+](=O)[O-])c2)c1. The lowest BCUT2D eigenvalue weighted by molar-refractivity contribution is -0.384. The van der Waals surface area contributed by atoms with Crippen LogP contribution in [0.1, 0.15) is 11.1 Å². The Kier molecular flexibility index (Phi) is 7.64. The van der Waals surface area contributed by atoms with Gasteiger partial charge in [-0.2, -0.15) is 0 Å². The lowest BCUT2D eigenvalue weighted by atomic mass is 10.2. The fraction of sp³-hybridized carbons (Fsp3) is 0.136. The maximum atomic E-state index is 12.3. The molecule has 0 spiro atoms. The molecule has 0 aromatic heterocycles. The molecule has 3 aromatic carbocycles. The van der Waals surface area contributed by atoms with E-state index in [0.717, 1.165) is 15.6 Å². The van der Waals surface area contributed by atoms with E-state index in [0.29, 0.717) is 28.1 Å². The van der Waals surface area contributed by atoms with Gasteiger partial charge in [-0.1, -0.05) is 34.1 Å². The highest BCUT2D eigenvalue weighted by Crippen LogP contribution is 2.33. The van der Waals surface area contributed by atoms with Gasteiger partial charge in [-0.3, -0.25) is 14.9 Å². The molecule has 0 aliphatic rings. The molecule has 1 amide bonds. The van der Waals surface area contributed by atoms with Crippen LogP contribution >= 0.6 is 31.9 Å². The van der Waals surface area contributed by atoms with E-state index in [1.807, 2.05) is 43.3 Å². The molecule has 0 saturated heterocycles. The van der Waals surface area contributed by atoms with Gasteiger partial charge in [0.25, 0.3) is 11.6 Å². The first kappa shape index (κ1) is 22.8. The van der Waals surface area contributed by atoms with Gasteiger partial charge < -0.3 is 15.4 Å². The van der Waals surface area contributed by atoms with Crippen molar-refractivity contribution in [2.75, 3.05) is 17.2 Å². The number of carbonyl (C=O) groups is 1. The summed E-state index contributed by atoms with van der Waals surface area (Å²) in [6.45, 7) is 2.12. The third-order valence-electron chi connectivity index (χ3n) is 4.27. The summed E-state index contributed by atoms with van der Waals surface area (Å²) >= 11 is 6.93. The molecule has 3 rings (SSSR count). The van der Waals surface area contributed by atoms with Crippen molar-refractivity contribution >= 4 is 54.8 Å². The summed E-state index contributed by atoms with van der Waals surface area (Å²) in [5.74, 6) is 0.235. The van der Waals surface area contributed by atoms with Gasteiger partial charge in [-0.25, -0.2) is 0 Å². The number of carbonyl (C=O) groups excluding carboxylic acids is 1. The van der Waals surface area contributed by atoms with Crippen molar-refractivity contribution in [3.8, 4) is 5.75 Å². The van der Waals surface area contributed by atoms with Crippen LogP contribution in [0.4, 0.5) is 17.1 Å². The summed E-state index contributed by atoms with van der Waals surface area (Å²) in [6.07, 6.45) is 0. The Morgan fingerprint density at radius 2 is 1.81 bits per heavy atom. The monoisotopic (exact) mass is 547 g/mol. The first-order chi connectivity index (χ1) is 14.8. The first-order valence-corrected chi connectivity index (χ1v) is 10.9. The topological polar surface area (TPSA) is 93.5 Å². The molecular formula is C22H19Br2N3O4. The predicted molar refractivity (Wildman–Crippen MR) is 128 cm³/mol. The molecular weight excluding hydrogens is 530 g/mol. The van der Waals surface area contributed by atoms with Gasteiger partial charge in [0.1, 0.15) is 5.75 Å². The predicted octanol–water partition coefficient (Wildman–Crippen LogP) is 6.06. The summed E-state index contributed by atoms with van der Waals surface area (Å²) < 4.78 is 7.32. The van der Waals surface area contributed by atoms with E-state index in [1.54, 1.807) is 12.1 Å². The molecule has 0 radical (unpaired) electrons. The number of ether oxygens (including phenoxy) is 1. The largest absolute Gasteiger partial charge is 0.482 e. The number of nitrogens with one attached hydrogen (secondary N) is 2. The number of aryl methyl sites for hydroxylation is 1. The van der Waals surface area contributed by atoms with Crippen LogP contribution in [-0.4, -0.2) is 17.4 Å². The number of non-ortho nitro benzene ring substituents is 1. The molecule has 31 heavy (non-hydrogen) atoms. The van der Waals surface area contributed by atoms with Crippen LogP contribution in [0.3, 0.4) is 0 Å². The van der Waals surface area contributed by atoms with E-state index >= 15 is 0 Å². The zero-order valence-corrected chi connectivity index (χ0v) is 19.7. The highest BCUT2D eigenvalue weighted by Gasteiger charge is 2.13. The average molecular weight is 549 g/mol. The van der Waals surface area contributed by atoms with Gasteiger partial charge in [0.15, 0.2) is 6.61 Å². The van der Waals surface area contributed by atoms with Gasteiger partial charge in [0, 0.05) is 40.1 Å². The lowest BCUT2D eigenvalue weighted by Gasteiger charge is -2.15. The zero-order chi connectivity index (χ0) is 22.4. The molecule has 0 heterocycles. The summed E-state index contributed by atoms with van der Waals surface area (Å²) in [6, 6.07) is 17.5. The smallest absolute Gasteiger partial charge is 0.271 e. The zero-order valence-electron chi connectivity index (χ0n) is 16.5. The Labute approximate surface area is 196 Å². The van der Waals surface area contributed by atoms with Crippen molar-refractivity contribution in [1.29, 1.82) is 0 Å². The second-order valence-corrected chi connectivity index (χ2v) is 8.51. The van der Waals surface area contributed by atoms with Crippen LogP contribution in [0.15, 0.2) is 69.6 Å². The number of halogens is 2. The molecule has 7 nitrogen and oxygen atoms in total. The van der Waals surface area contributed by atoms with Crippen LogP contribution in [0.5, 0.6) is 5.75 Å². The molecule has 0 aliphatic heterocycles. The number of anilines is 2. The van der Waals surface area contributed by atoms with Gasteiger partial charge in [0.05, 0.1) is 9.40 Å². The van der Waals surface area contributed by atoms with Crippen LogP contribution in [0.25, 0.3) is 0 Å². The van der Waals surface area contributed by atoms with Gasteiger partial charge in [-0.05, 0) is 58.7 Å². The van der Waals surface area contributed by atoms with Crippen LogP contribution in [0.2, 0.25) is 0 Å². The number of nitro benzene ring substituents is 1. The van der Waals surface area contributed by atoms with E-state index < -0.39 is 4.92 Å². The Balaban J connectivity index is 1.70. The molecule has 0 aliphatic carbocycles. The minimum Gasteiger partial charge on any atom is -0.482 e. The summed E-state index contributed by atoms with van der Waals surface area (Å²) in [5.41, 5.74) is 3.13. The standard InChI is InChI=1S/C22H19Br2N3O4/c1-14-4-2-6-18(8-14)26-21(28)13-31-22-15(9-16(23)10-20(22)24)12-25-17-5-3-7-19(11-17)27(29)30/h2-11,25H,12-13H2,1H3,(H,26,28). The van der Waals surface area contributed by atoms with Crippen LogP contribution < -0.4 is 15.4 Å². The lowest BCUT2D eigenvalue weighted by Crippen LogP contribution is -2.21. The number of hydrogen-bond acceptors (Lipinski definition) is 5. The first-order valence-electron chi connectivity index (χ1n) is 9.27. The summed E-state index contributed by atoms with van der Waals surface area (Å²) in [7, 11) is 0. The van der Waals surface area contributed by atoms with Gasteiger partial charge >= 0.3 is 0 Å². The summed E-state index contributed by atoms with van der Waals surface area (Å²) in [4.78, 5) is 22.9. The molecule has 2 N–H and O–H groups in total. The number of rotatable bonds is 8.